The Morgan fingerprint density at radius 1 is 1.00 bits per heavy atom. The highest BCUT2D eigenvalue weighted by Crippen LogP contribution is 2.25. The molecule has 5 nitrogen and oxygen atoms in total. The monoisotopic (exact) mass is 464 g/mol. The summed E-state index contributed by atoms with van der Waals surface area (Å²) in [6, 6.07) is 19.5. The number of likely N-dealkylation sites (N-methyl/N-ethyl adjacent to an activating group) is 1. The van der Waals surface area contributed by atoms with E-state index < -0.39 is 0 Å². The Morgan fingerprint density at radius 3 is 2.24 bits per heavy atom. The summed E-state index contributed by atoms with van der Waals surface area (Å²) in [5.74, 6) is 0.226. The molecular weight excluding hydrogens is 420 g/mol. The van der Waals surface area contributed by atoms with E-state index in [2.05, 4.69) is 79.3 Å². The second-order valence-corrected chi connectivity index (χ2v) is 10.5. The Hall–Kier alpha value is -2.37. The van der Waals surface area contributed by atoms with Gasteiger partial charge in [0.1, 0.15) is 0 Å². The molecule has 2 aromatic rings. The van der Waals surface area contributed by atoms with Crippen molar-refractivity contribution in [1.82, 2.24) is 10.2 Å². The molecule has 1 aliphatic rings. The molecular formula is C29H44N4O. The Kier molecular flexibility index (Phi) is 9.54. The lowest BCUT2D eigenvalue weighted by atomic mass is 10.0. The normalized spacial score (nSPS) is 15.3. The number of para-hydroxylation sites is 1. The summed E-state index contributed by atoms with van der Waals surface area (Å²) in [5.41, 5.74) is 3.85. The minimum Gasteiger partial charge on any atom is -0.373 e. The number of carbonyl (C=O) groups is 1. The van der Waals surface area contributed by atoms with Crippen molar-refractivity contribution in [2.24, 2.45) is 0 Å². The number of nitrogens with zero attached hydrogens (tertiary/aromatic N) is 3. The topological polar surface area (TPSA) is 38.8 Å². The van der Waals surface area contributed by atoms with Gasteiger partial charge >= 0.3 is 0 Å². The van der Waals surface area contributed by atoms with Crippen molar-refractivity contribution in [2.75, 3.05) is 49.6 Å². The fraction of sp³-hybridized carbons (Fsp3) is 0.552. The molecule has 0 radical (unpaired) electrons. The van der Waals surface area contributed by atoms with Gasteiger partial charge in [-0.25, -0.2) is 0 Å². The number of benzene rings is 2. The molecule has 1 N–H and O–H groups in total. The van der Waals surface area contributed by atoms with E-state index in [-0.39, 0.29) is 11.4 Å². The second-order valence-electron chi connectivity index (χ2n) is 10.5. The molecule has 0 unspecified atom stereocenters. The number of anilines is 2. The van der Waals surface area contributed by atoms with Gasteiger partial charge in [0.2, 0.25) is 5.91 Å². The standard InChI is InChI=1S/C29H44N4O/c1-6-28(34)33(26-10-8-7-9-11-26)27-17-21-32(22-18-27)20-16-24-12-14-25(15-13-24)31(5)23-19-30-29(2,3)4/h7-15,27,30H,6,16-23H2,1-5H3. The number of nitrogens with one attached hydrogen (secondary N) is 1. The first-order valence-electron chi connectivity index (χ1n) is 12.9. The van der Waals surface area contributed by atoms with Gasteiger partial charge < -0.3 is 20.0 Å². The molecule has 1 fully saturated rings. The van der Waals surface area contributed by atoms with E-state index >= 15 is 0 Å². The molecule has 2 aromatic carbocycles. The van der Waals surface area contributed by atoms with E-state index in [0.717, 1.165) is 57.7 Å². The summed E-state index contributed by atoms with van der Waals surface area (Å²) in [7, 11) is 2.16. The van der Waals surface area contributed by atoms with E-state index in [4.69, 9.17) is 0 Å². The first-order chi connectivity index (χ1) is 16.3. The average molecular weight is 465 g/mol. The minimum absolute atomic E-state index is 0.157. The molecule has 5 heteroatoms. The molecule has 0 atom stereocenters. The summed E-state index contributed by atoms with van der Waals surface area (Å²) in [6.45, 7) is 13.7. The highest BCUT2D eigenvalue weighted by molar-refractivity contribution is 5.93. The largest absolute Gasteiger partial charge is 0.373 e. The number of carbonyl (C=O) groups excluding carboxylic acids is 1. The first kappa shape index (κ1) is 26.2. The molecule has 34 heavy (non-hydrogen) atoms. The van der Waals surface area contributed by atoms with Gasteiger partial charge in [-0.15, -0.1) is 0 Å². The van der Waals surface area contributed by atoms with Crippen LogP contribution in [-0.4, -0.2) is 62.2 Å². The predicted octanol–water partition coefficient (Wildman–Crippen LogP) is 4.96. The van der Waals surface area contributed by atoms with Crippen LogP contribution in [0.3, 0.4) is 0 Å². The van der Waals surface area contributed by atoms with Crippen molar-refractivity contribution in [2.45, 2.75) is 65.0 Å². The Labute approximate surface area is 207 Å². The summed E-state index contributed by atoms with van der Waals surface area (Å²) < 4.78 is 0. The molecule has 0 aliphatic carbocycles. The average Bonchev–Trinajstić information content (AvgIpc) is 2.83. The van der Waals surface area contributed by atoms with Gasteiger partial charge in [0.25, 0.3) is 0 Å². The molecule has 1 heterocycles. The van der Waals surface area contributed by atoms with Crippen LogP contribution in [-0.2, 0) is 11.2 Å². The van der Waals surface area contributed by atoms with Gasteiger partial charge in [-0.2, -0.15) is 0 Å². The number of likely N-dealkylation sites (tertiary alicyclic amines) is 1. The lowest BCUT2D eigenvalue weighted by Gasteiger charge is -2.38. The van der Waals surface area contributed by atoms with Gasteiger partial charge in [-0.1, -0.05) is 37.3 Å². The predicted molar refractivity (Wildman–Crippen MR) is 145 cm³/mol. The zero-order valence-corrected chi connectivity index (χ0v) is 21.9. The van der Waals surface area contributed by atoms with Crippen molar-refractivity contribution in [3.63, 3.8) is 0 Å². The smallest absolute Gasteiger partial charge is 0.226 e. The molecule has 0 aromatic heterocycles. The molecule has 1 amide bonds. The van der Waals surface area contributed by atoms with Crippen molar-refractivity contribution in [1.29, 1.82) is 0 Å². The van der Waals surface area contributed by atoms with Crippen LogP contribution < -0.4 is 15.1 Å². The highest BCUT2D eigenvalue weighted by Gasteiger charge is 2.28. The van der Waals surface area contributed by atoms with Crippen molar-refractivity contribution in [3.05, 3.63) is 60.2 Å². The SMILES string of the molecule is CCC(=O)N(c1ccccc1)C1CCN(CCc2ccc(N(C)CCNC(C)(C)C)cc2)CC1. The van der Waals surface area contributed by atoms with Crippen molar-refractivity contribution >= 4 is 17.3 Å². The quantitative estimate of drug-likeness (QED) is 0.539. The maximum absolute atomic E-state index is 12.7. The van der Waals surface area contributed by atoms with Crippen LogP contribution in [0.5, 0.6) is 0 Å². The fourth-order valence-corrected chi connectivity index (χ4v) is 4.65. The molecule has 186 valence electrons. The lowest BCUT2D eigenvalue weighted by Crippen LogP contribution is -2.47. The zero-order valence-electron chi connectivity index (χ0n) is 21.9. The minimum atomic E-state index is 0.157. The van der Waals surface area contributed by atoms with Crippen LogP contribution in [0.15, 0.2) is 54.6 Å². The highest BCUT2D eigenvalue weighted by atomic mass is 16.2. The van der Waals surface area contributed by atoms with Gasteiger partial charge in [0.05, 0.1) is 0 Å². The van der Waals surface area contributed by atoms with Crippen molar-refractivity contribution in [3.8, 4) is 0 Å². The zero-order chi connectivity index (χ0) is 24.6. The van der Waals surface area contributed by atoms with Crippen LogP contribution in [0.2, 0.25) is 0 Å². The van der Waals surface area contributed by atoms with Crippen molar-refractivity contribution < 1.29 is 4.79 Å². The van der Waals surface area contributed by atoms with Crippen LogP contribution in [0.4, 0.5) is 11.4 Å². The van der Waals surface area contributed by atoms with E-state index in [9.17, 15) is 4.79 Å². The summed E-state index contributed by atoms with van der Waals surface area (Å²) in [4.78, 5) is 19.6. The maximum atomic E-state index is 12.7. The molecule has 0 spiro atoms. The van der Waals surface area contributed by atoms with Gasteiger partial charge in [0.15, 0.2) is 0 Å². The van der Waals surface area contributed by atoms with Gasteiger partial charge in [-0.05, 0) is 69.9 Å². The maximum Gasteiger partial charge on any atom is 0.226 e. The van der Waals surface area contributed by atoms with Gasteiger partial charge in [-0.3, -0.25) is 4.79 Å². The number of rotatable bonds is 10. The number of piperidine rings is 1. The summed E-state index contributed by atoms with van der Waals surface area (Å²) >= 11 is 0. The van der Waals surface area contributed by atoms with Crippen LogP contribution in [0.1, 0.15) is 52.5 Å². The van der Waals surface area contributed by atoms with E-state index in [0.29, 0.717) is 12.5 Å². The van der Waals surface area contributed by atoms with E-state index in [1.165, 1.54) is 11.3 Å². The molecule has 1 aliphatic heterocycles. The Bertz CT molecular complexity index is 867. The molecule has 1 saturated heterocycles. The third-order valence-electron chi connectivity index (χ3n) is 6.72. The third kappa shape index (κ3) is 7.85. The van der Waals surface area contributed by atoms with Crippen LogP contribution in [0.25, 0.3) is 0 Å². The number of hydrogen-bond donors (Lipinski definition) is 1. The third-order valence-corrected chi connectivity index (χ3v) is 6.72. The second kappa shape index (κ2) is 12.4. The van der Waals surface area contributed by atoms with E-state index in [1.807, 2.05) is 30.0 Å². The van der Waals surface area contributed by atoms with Gasteiger partial charge in [0, 0.05) is 69.1 Å². The Balaban J connectivity index is 1.45. The number of hydrogen-bond acceptors (Lipinski definition) is 4. The van der Waals surface area contributed by atoms with E-state index in [1.54, 1.807) is 0 Å². The summed E-state index contributed by atoms with van der Waals surface area (Å²) in [6.07, 6.45) is 3.68. The molecule has 3 rings (SSSR count). The lowest BCUT2D eigenvalue weighted by molar-refractivity contribution is -0.119. The van der Waals surface area contributed by atoms with Crippen LogP contribution in [0, 0.1) is 0 Å². The molecule has 0 saturated carbocycles. The summed E-state index contributed by atoms with van der Waals surface area (Å²) in [5, 5.41) is 3.55. The Morgan fingerprint density at radius 2 is 1.65 bits per heavy atom. The molecule has 0 bridgehead atoms. The van der Waals surface area contributed by atoms with Crippen LogP contribution >= 0.6 is 0 Å². The number of amides is 1. The first-order valence-corrected chi connectivity index (χ1v) is 12.9. The fourth-order valence-electron chi connectivity index (χ4n) is 4.65.